The Morgan fingerprint density at radius 2 is 2.43 bits per heavy atom. The summed E-state index contributed by atoms with van der Waals surface area (Å²) in [6.45, 7) is 0.363. The second-order valence-corrected chi connectivity index (χ2v) is 4.02. The molecular weight excluding hydrogens is 289 g/mol. The van der Waals surface area contributed by atoms with Gasteiger partial charge in [0.15, 0.2) is 0 Å². The highest BCUT2D eigenvalue weighted by atomic mass is 127. The van der Waals surface area contributed by atoms with Crippen LogP contribution < -0.4 is 0 Å². The first-order valence-electron chi connectivity index (χ1n) is 4.11. The van der Waals surface area contributed by atoms with Gasteiger partial charge in [-0.15, -0.1) is 0 Å². The van der Waals surface area contributed by atoms with Crippen LogP contribution in [-0.2, 0) is 4.74 Å². The zero-order valence-corrected chi connectivity index (χ0v) is 9.98. The van der Waals surface area contributed by atoms with E-state index in [-0.39, 0.29) is 0 Å². The molecule has 3 heteroatoms. The van der Waals surface area contributed by atoms with Gasteiger partial charge in [0.2, 0.25) is 0 Å². The number of benzene rings is 1. The Morgan fingerprint density at radius 1 is 1.64 bits per heavy atom. The predicted molar refractivity (Wildman–Crippen MR) is 64.6 cm³/mol. The minimum atomic E-state index is 0.363. The van der Waals surface area contributed by atoms with Crippen LogP contribution in [-0.4, -0.2) is 13.7 Å². The molecule has 0 radical (unpaired) electrons. The summed E-state index contributed by atoms with van der Waals surface area (Å²) in [6, 6.07) is 10.1. The lowest BCUT2D eigenvalue weighted by Crippen LogP contribution is -1.91. The molecule has 0 aliphatic heterocycles. The number of halogens is 1. The molecule has 72 valence electrons. The maximum atomic E-state index is 8.79. The van der Waals surface area contributed by atoms with Crippen molar-refractivity contribution in [2.45, 2.75) is 0 Å². The van der Waals surface area contributed by atoms with E-state index in [1.807, 2.05) is 30.3 Å². The van der Waals surface area contributed by atoms with Crippen molar-refractivity contribution in [3.05, 3.63) is 39.0 Å². The largest absolute Gasteiger partial charge is 0.379 e. The summed E-state index contributed by atoms with van der Waals surface area (Å²) >= 11 is 2.24. The fourth-order valence-electron chi connectivity index (χ4n) is 1.06. The van der Waals surface area contributed by atoms with E-state index in [2.05, 4.69) is 28.7 Å². The Hall–Kier alpha value is -0.860. The van der Waals surface area contributed by atoms with Crippen LogP contribution in [0.1, 0.15) is 5.56 Å². The molecule has 2 nitrogen and oxygen atoms in total. The summed E-state index contributed by atoms with van der Waals surface area (Å²) in [5.41, 5.74) is 1.67. The van der Waals surface area contributed by atoms with E-state index in [0.29, 0.717) is 12.2 Å². The van der Waals surface area contributed by atoms with Crippen molar-refractivity contribution in [1.29, 1.82) is 5.26 Å². The lowest BCUT2D eigenvalue weighted by molar-refractivity contribution is 0.229. The normalized spacial score (nSPS) is 11.1. The first-order valence-corrected chi connectivity index (χ1v) is 5.19. The van der Waals surface area contributed by atoms with Gasteiger partial charge in [-0.3, -0.25) is 0 Å². The molecule has 0 aromatic heterocycles. The number of nitriles is 1. The van der Waals surface area contributed by atoms with Crippen molar-refractivity contribution in [1.82, 2.24) is 0 Å². The summed E-state index contributed by atoms with van der Waals surface area (Å²) in [5, 5.41) is 8.79. The van der Waals surface area contributed by atoms with Crippen LogP contribution in [0.25, 0.3) is 6.08 Å². The van der Waals surface area contributed by atoms with Crippen LogP contribution in [0.4, 0.5) is 0 Å². The SMILES string of the molecule is COCC(C#N)=Cc1cccc(I)c1. The van der Waals surface area contributed by atoms with Crippen LogP contribution in [0.3, 0.4) is 0 Å². The number of ether oxygens (including phenoxy) is 1. The van der Waals surface area contributed by atoms with Crippen LogP contribution in [0.2, 0.25) is 0 Å². The summed E-state index contributed by atoms with van der Waals surface area (Å²) in [5.74, 6) is 0. The maximum absolute atomic E-state index is 8.79. The second kappa shape index (κ2) is 5.78. The minimum Gasteiger partial charge on any atom is -0.379 e. The Labute approximate surface area is 97.3 Å². The molecule has 0 aliphatic carbocycles. The van der Waals surface area contributed by atoms with E-state index >= 15 is 0 Å². The molecule has 0 spiro atoms. The Balaban J connectivity index is 2.90. The Kier molecular flexibility index (Phi) is 4.63. The predicted octanol–water partition coefficient (Wildman–Crippen LogP) is 2.84. The van der Waals surface area contributed by atoms with E-state index in [1.54, 1.807) is 7.11 Å². The lowest BCUT2D eigenvalue weighted by Gasteiger charge is -1.97. The zero-order chi connectivity index (χ0) is 10.4. The molecule has 1 aromatic rings. The fourth-order valence-corrected chi connectivity index (χ4v) is 1.63. The van der Waals surface area contributed by atoms with E-state index < -0.39 is 0 Å². The van der Waals surface area contributed by atoms with Gasteiger partial charge in [-0.2, -0.15) is 5.26 Å². The van der Waals surface area contributed by atoms with Crippen molar-refractivity contribution in [2.75, 3.05) is 13.7 Å². The molecule has 0 saturated heterocycles. The average molecular weight is 299 g/mol. The maximum Gasteiger partial charge on any atom is 0.0971 e. The number of nitrogens with zero attached hydrogens (tertiary/aromatic N) is 1. The smallest absolute Gasteiger partial charge is 0.0971 e. The molecule has 0 atom stereocenters. The van der Waals surface area contributed by atoms with Crippen LogP contribution >= 0.6 is 22.6 Å². The number of hydrogen-bond donors (Lipinski definition) is 0. The molecule has 0 saturated carbocycles. The summed E-state index contributed by atoms with van der Waals surface area (Å²) in [6.07, 6.45) is 1.84. The van der Waals surface area contributed by atoms with Crippen molar-refractivity contribution < 1.29 is 4.74 Å². The fraction of sp³-hybridized carbons (Fsp3) is 0.182. The number of rotatable bonds is 3. The van der Waals surface area contributed by atoms with Gasteiger partial charge in [-0.05, 0) is 46.4 Å². The third-order valence-corrected chi connectivity index (χ3v) is 2.30. The minimum absolute atomic E-state index is 0.363. The molecule has 0 bridgehead atoms. The van der Waals surface area contributed by atoms with E-state index in [1.165, 1.54) is 0 Å². The molecule has 0 aliphatic rings. The quantitative estimate of drug-likeness (QED) is 0.635. The molecule has 1 rings (SSSR count). The monoisotopic (exact) mass is 299 g/mol. The first-order chi connectivity index (χ1) is 6.76. The van der Waals surface area contributed by atoms with Crippen LogP contribution in [0, 0.1) is 14.9 Å². The molecule has 0 unspecified atom stereocenters. The van der Waals surface area contributed by atoms with Crippen molar-refractivity contribution in [3.63, 3.8) is 0 Å². The topological polar surface area (TPSA) is 33.0 Å². The van der Waals surface area contributed by atoms with Crippen molar-refractivity contribution in [3.8, 4) is 6.07 Å². The standard InChI is InChI=1S/C11H10INO/c1-14-8-10(7-13)5-9-3-2-4-11(12)6-9/h2-6H,8H2,1H3. The summed E-state index contributed by atoms with van der Waals surface area (Å²) < 4.78 is 6.06. The van der Waals surface area contributed by atoms with Crippen LogP contribution in [0.15, 0.2) is 29.8 Å². The van der Waals surface area contributed by atoms with Gasteiger partial charge in [-0.1, -0.05) is 12.1 Å². The van der Waals surface area contributed by atoms with Gasteiger partial charge in [0.25, 0.3) is 0 Å². The highest BCUT2D eigenvalue weighted by Gasteiger charge is 1.95. The lowest BCUT2D eigenvalue weighted by atomic mass is 10.1. The number of hydrogen-bond acceptors (Lipinski definition) is 2. The summed E-state index contributed by atoms with van der Waals surface area (Å²) in [7, 11) is 1.58. The third-order valence-electron chi connectivity index (χ3n) is 1.63. The Bertz CT molecular complexity index is 379. The van der Waals surface area contributed by atoms with E-state index in [4.69, 9.17) is 10.00 Å². The number of methoxy groups -OCH3 is 1. The molecule has 1 aromatic carbocycles. The summed E-state index contributed by atoms with van der Waals surface area (Å²) in [4.78, 5) is 0. The van der Waals surface area contributed by atoms with Gasteiger partial charge in [0, 0.05) is 10.7 Å². The Morgan fingerprint density at radius 3 is 3.00 bits per heavy atom. The van der Waals surface area contributed by atoms with Crippen molar-refractivity contribution in [2.24, 2.45) is 0 Å². The van der Waals surface area contributed by atoms with Gasteiger partial charge < -0.3 is 4.74 Å². The molecule has 0 fully saturated rings. The average Bonchev–Trinajstić information content (AvgIpc) is 2.17. The molecular formula is C11H10INO. The highest BCUT2D eigenvalue weighted by molar-refractivity contribution is 14.1. The molecule has 0 amide bonds. The van der Waals surface area contributed by atoms with Gasteiger partial charge in [0.05, 0.1) is 18.2 Å². The second-order valence-electron chi connectivity index (χ2n) is 2.77. The highest BCUT2D eigenvalue weighted by Crippen LogP contribution is 2.11. The first kappa shape index (κ1) is 11.2. The van der Waals surface area contributed by atoms with Crippen LogP contribution in [0.5, 0.6) is 0 Å². The van der Waals surface area contributed by atoms with Crippen molar-refractivity contribution >= 4 is 28.7 Å². The zero-order valence-electron chi connectivity index (χ0n) is 7.83. The molecule has 0 N–H and O–H groups in total. The van der Waals surface area contributed by atoms with Gasteiger partial charge in [-0.25, -0.2) is 0 Å². The van der Waals surface area contributed by atoms with Gasteiger partial charge in [0.1, 0.15) is 0 Å². The molecule has 0 heterocycles. The van der Waals surface area contributed by atoms with E-state index in [0.717, 1.165) is 9.13 Å². The van der Waals surface area contributed by atoms with E-state index in [9.17, 15) is 0 Å². The van der Waals surface area contributed by atoms with Gasteiger partial charge >= 0.3 is 0 Å². The molecule has 14 heavy (non-hydrogen) atoms. The third kappa shape index (κ3) is 3.48.